The van der Waals surface area contributed by atoms with Crippen LogP contribution < -0.4 is 16.2 Å². The second kappa shape index (κ2) is 7.36. The van der Waals surface area contributed by atoms with Gasteiger partial charge in [-0.1, -0.05) is 30.3 Å². The monoisotopic (exact) mass is 452 g/mol. The topological polar surface area (TPSA) is 159 Å². The first-order valence-corrected chi connectivity index (χ1v) is 10.4. The molecule has 0 saturated carbocycles. The molecule has 4 unspecified atom stereocenters. The zero-order valence-electron chi connectivity index (χ0n) is 17.8. The van der Waals surface area contributed by atoms with E-state index in [1.165, 1.54) is 11.8 Å². The van der Waals surface area contributed by atoms with E-state index in [9.17, 15) is 15.1 Å². The Labute approximate surface area is 189 Å². The number of para-hydroxylation sites is 2. The molecule has 5 rings (SSSR count). The fourth-order valence-electron chi connectivity index (χ4n) is 4.85. The Morgan fingerprint density at radius 3 is 2.58 bits per heavy atom. The fourth-order valence-corrected chi connectivity index (χ4v) is 4.85. The van der Waals surface area contributed by atoms with Crippen LogP contribution in [0.1, 0.15) is 17.3 Å². The van der Waals surface area contributed by atoms with Crippen LogP contribution in [0.2, 0.25) is 0 Å². The number of benzene rings is 2. The van der Waals surface area contributed by atoms with Gasteiger partial charge in [-0.3, -0.25) is 10.2 Å². The van der Waals surface area contributed by atoms with Gasteiger partial charge in [0.1, 0.15) is 28.7 Å². The predicted octanol–water partition coefficient (Wildman–Crippen LogP) is 0.484. The van der Waals surface area contributed by atoms with Crippen molar-refractivity contribution >= 4 is 17.9 Å². The lowest BCUT2D eigenvalue weighted by Crippen LogP contribution is -2.75. The third kappa shape index (κ3) is 2.93. The van der Waals surface area contributed by atoms with Crippen molar-refractivity contribution in [1.29, 1.82) is 0 Å². The molecular formula is C22H24N6O5. The number of ether oxygens (including phenoxy) is 2. The van der Waals surface area contributed by atoms with E-state index in [2.05, 4.69) is 9.98 Å². The van der Waals surface area contributed by atoms with E-state index in [0.717, 1.165) is 0 Å². The molecule has 1 spiro atoms. The largest absolute Gasteiger partial charge is 0.456 e. The normalized spacial score (nSPS) is 30.3. The van der Waals surface area contributed by atoms with Crippen molar-refractivity contribution in [2.45, 2.75) is 30.3 Å². The number of guanidine groups is 2. The van der Waals surface area contributed by atoms with Gasteiger partial charge in [0.15, 0.2) is 17.7 Å². The maximum Gasteiger partial charge on any atom is 0.342 e. The van der Waals surface area contributed by atoms with Crippen molar-refractivity contribution < 1.29 is 24.6 Å². The number of nitrogens with zero attached hydrogens (tertiary/aromatic N) is 4. The quantitative estimate of drug-likeness (QED) is 0.484. The van der Waals surface area contributed by atoms with Crippen LogP contribution in [0, 0.1) is 0 Å². The van der Waals surface area contributed by atoms with Crippen molar-refractivity contribution in [1.82, 2.24) is 9.96 Å². The molecule has 2 aromatic carbocycles. The molecular weight excluding hydrogens is 428 g/mol. The number of esters is 1. The highest BCUT2D eigenvalue weighted by Gasteiger charge is 2.74. The second-order valence-corrected chi connectivity index (χ2v) is 8.30. The van der Waals surface area contributed by atoms with Gasteiger partial charge in [0.25, 0.3) is 0 Å². The predicted molar refractivity (Wildman–Crippen MR) is 118 cm³/mol. The van der Waals surface area contributed by atoms with Crippen LogP contribution in [0.5, 0.6) is 11.5 Å². The van der Waals surface area contributed by atoms with Gasteiger partial charge in [0, 0.05) is 0 Å². The van der Waals surface area contributed by atoms with E-state index in [1.807, 2.05) is 18.2 Å². The van der Waals surface area contributed by atoms with Gasteiger partial charge in [-0.05, 0) is 31.2 Å². The van der Waals surface area contributed by atoms with E-state index in [1.54, 1.807) is 36.4 Å². The summed E-state index contributed by atoms with van der Waals surface area (Å²) in [5.41, 5.74) is 8.78. The molecule has 0 bridgehead atoms. The van der Waals surface area contributed by atoms with Crippen molar-refractivity contribution in [3.05, 3.63) is 60.2 Å². The van der Waals surface area contributed by atoms with Crippen LogP contribution in [0.4, 0.5) is 0 Å². The Balaban J connectivity index is 1.45. The zero-order valence-corrected chi connectivity index (χ0v) is 17.8. The molecule has 0 amide bonds. The molecule has 11 heteroatoms. The van der Waals surface area contributed by atoms with Crippen molar-refractivity contribution in [3.8, 4) is 11.5 Å². The number of hydroxylamine groups is 2. The maximum atomic E-state index is 13.2. The van der Waals surface area contributed by atoms with E-state index in [4.69, 9.17) is 20.9 Å². The molecule has 0 aromatic heterocycles. The SMILES string of the molecule is CC1(O)C(OC(=O)c2ccccc2Oc2ccccc2)CN2C(N)=NCC3N=C(N)N(O)C321. The fraction of sp³-hybridized carbons (Fsp3) is 0.318. The lowest BCUT2D eigenvalue weighted by atomic mass is 9.82. The molecule has 33 heavy (non-hydrogen) atoms. The molecule has 4 atom stereocenters. The molecule has 2 aromatic rings. The summed E-state index contributed by atoms with van der Waals surface area (Å²) >= 11 is 0. The Bertz CT molecular complexity index is 1150. The van der Waals surface area contributed by atoms with Crippen LogP contribution in [0.15, 0.2) is 64.6 Å². The average molecular weight is 452 g/mol. The number of hydrogen-bond donors (Lipinski definition) is 4. The van der Waals surface area contributed by atoms with Gasteiger partial charge >= 0.3 is 5.97 Å². The lowest BCUT2D eigenvalue weighted by molar-refractivity contribution is -0.224. The molecule has 3 aliphatic rings. The van der Waals surface area contributed by atoms with Gasteiger partial charge in [0.2, 0.25) is 5.96 Å². The number of carbonyl (C=O) groups excluding carboxylic acids is 1. The van der Waals surface area contributed by atoms with E-state index in [0.29, 0.717) is 16.6 Å². The van der Waals surface area contributed by atoms with E-state index < -0.39 is 29.4 Å². The third-order valence-electron chi connectivity index (χ3n) is 6.45. The number of rotatable bonds is 4. The van der Waals surface area contributed by atoms with Crippen LogP contribution in [-0.2, 0) is 4.74 Å². The van der Waals surface area contributed by atoms with Crippen LogP contribution in [-0.4, -0.2) is 74.7 Å². The number of hydrogen-bond acceptors (Lipinski definition) is 11. The summed E-state index contributed by atoms with van der Waals surface area (Å²) in [5, 5.41) is 23.1. The van der Waals surface area contributed by atoms with Crippen molar-refractivity contribution in [3.63, 3.8) is 0 Å². The molecule has 0 radical (unpaired) electrons. The minimum atomic E-state index is -1.80. The first kappa shape index (κ1) is 21.0. The van der Waals surface area contributed by atoms with Crippen molar-refractivity contribution in [2.24, 2.45) is 21.5 Å². The lowest BCUT2D eigenvalue weighted by Gasteiger charge is -2.50. The summed E-state index contributed by atoms with van der Waals surface area (Å²) in [4.78, 5) is 23.1. The smallest absolute Gasteiger partial charge is 0.342 e. The minimum absolute atomic E-state index is 0.0217. The van der Waals surface area contributed by atoms with Crippen LogP contribution in [0.25, 0.3) is 0 Å². The number of aliphatic hydroxyl groups is 1. The first-order valence-electron chi connectivity index (χ1n) is 10.4. The van der Waals surface area contributed by atoms with Gasteiger partial charge in [-0.15, -0.1) is 0 Å². The van der Waals surface area contributed by atoms with Gasteiger partial charge in [-0.25, -0.2) is 9.79 Å². The summed E-state index contributed by atoms with van der Waals surface area (Å²) in [5.74, 6) is 0.0680. The highest BCUT2D eigenvalue weighted by atomic mass is 16.6. The Hall–Kier alpha value is -3.83. The summed E-state index contributed by atoms with van der Waals surface area (Å²) in [7, 11) is 0. The highest BCUT2D eigenvalue weighted by molar-refractivity contribution is 5.93. The number of nitrogens with two attached hydrogens (primary N) is 2. The molecule has 0 aliphatic carbocycles. The molecule has 172 valence electrons. The molecule has 3 heterocycles. The minimum Gasteiger partial charge on any atom is -0.456 e. The number of aliphatic imine (C=N–C) groups is 2. The van der Waals surface area contributed by atoms with Gasteiger partial charge in [-0.2, -0.15) is 5.06 Å². The van der Waals surface area contributed by atoms with Gasteiger partial charge in [0.05, 0.1) is 13.1 Å². The standard InChI is InChI=1S/C22H24N6O5/c1-21(30)17(12-27-19(23)25-11-16-22(21,27)28(31)20(24)26-16)33-18(29)14-9-5-6-10-15(14)32-13-7-3-2-4-8-13/h2-10,16-17,30-31H,11-12H2,1H3,(H2,23,25)(H2,24,26). The molecule has 3 aliphatic heterocycles. The van der Waals surface area contributed by atoms with E-state index in [-0.39, 0.29) is 30.6 Å². The second-order valence-electron chi connectivity index (χ2n) is 8.30. The first-order chi connectivity index (χ1) is 15.8. The summed E-state index contributed by atoms with van der Waals surface area (Å²) in [6.45, 7) is 1.55. The summed E-state index contributed by atoms with van der Waals surface area (Å²) in [6.07, 6.45) is -1.08. The zero-order chi connectivity index (χ0) is 23.4. The maximum absolute atomic E-state index is 13.2. The molecule has 1 saturated heterocycles. The molecule has 1 fully saturated rings. The average Bonchev–Trinajstić information content (AvgIpc) is 3.20. The molecule has 6 N–H and O–H groups in total. The Kier molecular flexibility index (Phi) is 4.69. The molecule has 11 nitrogen and oxygen atoms in total. The number of carbonyl (C=O) groups is 1. The van der Waals surface area contributed by atoms with Crippen LogP contribution in [0.3, 0.4) is 0 Å². The Morgan fingerprint density at radius 2 is 1.82 bits per heavy atom. The summed E-state index contributed by atoms with van der Waals surface area (Å²) in [6, 6.07) is 15.0. The Morgan fingerprint density at radius 1 is 1.12 bits per heavy atom. The summed E-state index contributed by atoms with van der Waals surface area (Å²) < 4.78 is 11.6. The van der Waals surface area contributed by atoms with Gasteiger partial charge < -0.3 is 30.9 Å². The van der Waals surface area contributed by atoms with E-state index >= 15 is 0 Å². The van der Waals surface area contributed by atoms with Crippen molar-refractivity contribution in [2.75, 3.05) is 13.1 Å². The third-order valence-corrected chi connectivity index (χ3v) is 6.45. The van der Waals surface area contributed by atoms with Crippen LogP contribution >= 0.6 is 0 Å². The highest BCUT2D eigenvalue weighted by Crippen LogP contribution is 2.49.